The van der Waals surface area contributed by atoms with Crippen LogP contribution in [0.15, 0.2) is 16.7 Å². The molecule has 0 saturated carbocycles. The molecule has 0 radical (unpaired) electrons. The van der Waals surface area contributed by atoms with Crippen LogP contribution in [0.25, 0.3) is 0 Å². The van der Waals surface area contributed by atoms with Gasteiger partial charge < -0.3 is 0 Å². The van der Waals surface area contributed by atoms with Gasteiger partial charge in [0.1, 0.15) is 0 Å². The molecule has 0 spiro atoms. The van der Waals surface area contributed by atoms with Crippen LogP contribution in [0.3, 0.4) is 0 Å². The summed E-state index contributed by atoms with van der Waals surface area (Å²) in [7, 11) is 0. The van der Waals surface area contributed by atoms with Gasteiger partial charge in [-0.1, -0.05) is 0 Å². The Kier molecular flexibility index (Phi) is 4.23. The first-order chi connectivity index (χ1) is 5.88. The van der Waals surface area contributed by atoms with E-state index in [1.807, 2.05) is 6.07 Å². The second-order valence-electron chi connectivity index (χ2n) is 2.84. The average Bonchev–Trinajstić information content (AvgIpc) is 2.52. The molecule has 0 aliphatic carbocycles. The minimum atomic E-state index is -0.852. The zero-order valence-corrected chi connectivity index (χ0v) is 11.4. The van der Waals surface area contributed by atoms with Gasteiger partial charge >= 0.3 is 82.8 Å². The van der Waals surface area contributed by atoms with E-state index < -0.39 is 21.1 Å². The quantitative estimate of drug-likeness (QED) is 0.608. The summed E-state index contributed by atoms with van der Waals surface area (Å²) in [6.07, 6.45) is 4.21. The molecular weight excluding hydrogens is 257 g/mol. The van der Waals surface area contributed by atoms with Crippen LogP contribution in [-0.4, -0.2) is 21.1 Å². The summed E-state index contributed by atoms with van der Waals surface area (Å²) < 4.78 is 7.65. The van der Waals surface area contributed by atoms with E-state index in [0.29, 0.717) is 5.76 Å². The van der Waals surface area contributed by atoms with Gasteiger partial charge in [0.25, 0.3) is 0 Å². The Morgan fingerprint density at radius 3 is 3.17 bits per heavy atom. The molecular formula is C9H13NOSn. The Hall–Kier alpha value is -0.431. The summed E-state index contributed by atoms with van der Waals surface area (Å²) in [6, 6.07) is 4.06. The molecule has 2 nitrogen and oxygen atoms in total. The average molecular weight is 270 g/mol. The first-order valence-corrected chi connectivity index (χ1v) is 9.22. The Morgan fingerprint density at radius 1 is 1.67 bits per heavy atom. The number of nitriles is 1. The summed E-state index contributed by atoms with van der Waals surface area (Å²) in [4.78, 5) is 0. The molecule has 1 aromatic rings. The number of rotatable bonds is 4. The molecule has 3 heteroatoms. The number of unbranched alkanes of at least 4 members (excludes halogenated alkanes) is 1. The van der Waals surface area contributed by atoms with Crippen molar-refractivity contribution >= 4 is 24.7 Å². The first kappa shape index (κ1) is 9.66. The van der Waals surface area contributed by atoms with Gasteiger partial charge in [-0.25, -0.2) is 0 Å². The number of furan rings is 1. The molecule has 64 valence electrons. The van der Waals surface area contributed by atoms with Crippen LogP contribution in [0.1, 0.15) is 25.5 Å². The Bertz CT molecular complexity index is 274. The van der Waals surface area contributed by atoms with Crippen LogP contribution in [0.2, 0.25) is 4.44 Å². The van der Waals surface area contributed by atoms with Crippen LogP contribution >= 0.6 is 0 Å². The molecule has 0 amide bonds. The third-order valence-electron chi connectivity index (χ3n) is 1.90. The second kappa shape index (κ2) is 5.26. The van der Waals surface area contributed by atoms with Crippen LogP contribution < -0.4 is 3.58 Å². The third-order valence-corrected chi connectivity index (χ3v) is 7.46. The van der Waals surface area contributed by atoms with Crippen molar-refractivity contribution < 1.29 is 4.42 Å². The number of nitrogens with zero attached hydrogens (tertiary/aromatic N) is 1. The van der Waals surface area contributed by atoms with Crippen LogP contribution in [0.5, 0.6) is 0 Å². The van der Waals surface area contributed by atoms with E-state index in [4.69, 9.17) is 9.68 Å². The van der Waals surface area contributed by atoms with Crippen molar-refractivity contribution in [1.29, 1.82) is 5.26 Å². The van der Waals surface area contributed by atoms with Crippen molar-refractivity contribution in [3.8, 4) is 6.07 Å². The van der Waals surface area contributed by atoms with Gasteiger partial charge in [0.15, 0.2) is 0 Å². The Balaban J connectivity index is 2.46. The van der Waals surface area contributed by atoms with Crippen LogP contribution in [-0.2, 0) is 0 Å². The maximum absolute atomic E-state index is 8.65. The summed E-state index contributed by atoms with van der Waals surface area (Å²) in [5.74, 6) is 0.571. The third kappa shape index (κ3) is 2.56. The van der Waals surface area contributed by atoms with Gasteiger partial charge in [-0.2, -0.15) is 0 Å². The van der Waals surface area contributed by atoms with E-state index >= 15 is 0 Å². The summed E-state index contributed by atoms with van der Waals surface area (Å²) in [5, 5.41) is 8.65. The fourth-order valence-corrected chi connectivity index (χ4v) is 6.29. The van der Waals surface area contributed by atoms with Crippen molar-refractivity contribution in [3.63, 3.8) is 0 Å². The van der Waals surface area contributed by atoms with Gasteiger partial charge in [0.05, 0.1) is 0 Å². The van der Waals surface area contributed by atoms with E-state index in [1.165, 1.54) is 20.9 Å². The molecule has 1 rings (SSSR count). The summed E-state index contributed by atoms with van der Waals surface area (Å²) in [6.45, 7) is 2.20. The van der Waals surface area contributed by atoms with E-state index in [0.717, 1.165) is 0 Å². The minimum absolute atomic E-state index is 0.571. The van der Waals surface area contributed by atoms with Gasteiger partial charge in [0.2, 0.25) is 0 Å². The van der Waals surface area contributed by atoms with E-state index in [2.05, 4.69) is 13.0 Å². The van der Waals surface area contributed by atoms with E-state index in [-0.39, 0.29) is 0 Å². The van der Waals surface area contributed by atoms with E-state index in [1.54, 1.807) is 6.26 Å². The van der Waals surface area contributed by atoms with E-state index in [9.17, 15) is 0 Å². The van der Waals surface area contributed by atoms with Gasteiger partial charge in [-0.05, 0) is 0 Å². The molecule has 0 aliphatic heterocycles. The molecule has 0 aromatic carbocycles. The molecule has 0 atom stereocenters. The van der Waals surface area contributed by atoms with Crippen LogP contribution in [0.4, 0.5) is 0 Å². The van der Waals surface area contributed by atoms with Crippen molar-refractivity contribution in [1.82, 2.24) is 0 Å². The van der Waals surface area contributed by atoms with Crippen molar-refractivity contribution in [2.75, 3.05) is 0 Å². The molecule has 0 N–H and O–H groups in total. The number of hydrogen-bond donors (Lipinski definition) is 0. The van der Waals surface area contributed by atoms with Crippen LogP contribution in [0, 0.1) is 11.3 Å². The Labute approximate surface area is 82.8 Å². The normalized spacial score (nSPS) is 10.7. The first-order valence-electron chi connectivity index (χ1n) is 4.35. The molecule has 0 aliphatic rings. The van der Waals surface area contributed by atoms with Crippen molar-refractivity contribution in [2.24, 2.45) is 0 Å². The SMILES string of the molecule is CCC[CH2][SnH2][c]1ccoc1C#N. The second-order valence-corrected chi connectivity index (χ2v) is 8.46. The summed E-state index contributed by atoms with van der Waals surface area (Å²) >= 11 is -0.852. The summed E-state index contributed by atoms with van der Waals surface area (Å²) in [5.41, 5.74) is 0. The number of hydrogen-bond acceptors (Lipinski definition) is 2. The van der Waals surface area contributed by atoms with Crippen molar-refractivity contribution in [2.45, 2.75) is 24.2 Å². The topological polar surface area (TPSA) is 36.9 Å². The monoisotopic (exact) mass is 271 g/mol. The molecule has 0 fully saturated rings. The maximum atomic E-state index is 8.65. The van der Waals surface area contributed by atoms with Gasteiger partial charge in [-0.15, -0.1) is 0 Å². The Morgan fingerprint density at radius 2 is 2.50 bits per heavy atom. The fraction of sp³-hybridized carbons (Fsp3) is 0.444. The van der Waals surface area contributed by atoms with Crippen molar-refractivity contribution in [3.05, 3.63) is 18.1 Å². The fourth-order valence-electron chi connectivity index (χ4n) is 1.20. The predicted molar refractivity (Wildman–Crippen MR) is 51.3 cm³/mol. The predicted octanol–water partition coefficient (Wildman–Crippen LogP) is 1.16. The van der Waals surface area contributed by atoms with Gasteiger partial charge in [-0.3, -0.25) is 0 Å². The molecule has 0 saturated heterocycles. The standard InChI is InChI=1S/C5H2NO.C4H9.Sn.2H/c6-4-5-2-1-3-7-5;1-3-4-2;;;/h1,3H;1,3-4H2,2H3;;;. The van der Waals surface area contributed by atoms with Gasteiger partial charge in [0, 0.05) is 0 Å². The molecule has 1 aromatic heterocycles. The molecule has 0 unspecified atom stereocenters. The molecule has 0 bridgehead atoms. The zero-order chi connectivity index (χ0) is 8.81. The zero-order valence-electron chi connectivity index (χ0n) is 7.34. The molecule has 12 heavy (non-hydrogen) atoms. The molecule has 1 heterocycles.